The van der Waals surface area contributed by atoms with Gasteiger partial charge in [0.05, 0.1) is 0 Å². The zero-order valence-electron chi connectivity index (χ0n) is 15.6. The lowest BCUT2D eigenvalue weighted by Crippen LogP contribution is -2.15. The van der Waals surface area contributed by atoms with Crippen LogP contribution in [0.4, 0.5) is 31.7 Å². The maximum absolute atomic E-state index is 13.3. The number of aromatic nitrogens is 2. The fourth-order valence-electron chi connectivity index (χ4n) is 2.51. The minimum Gasteiger partial charge on any atom is -0.378 e. The first-order valence-electron chi connectivity index (χ1n) is 8.48. The average Bonchev–Trinajstić information content (AvgIpc) is 2.64. The zero-order chi connectivity index (χ0) is 20.3. The summed E-state index contributed by atoms with van der Waals surface area (Å²) in [4.78, 5) is 22.8. The van der Waals surface area contributed by atoms with Crippen LogP contribution in [0.1, 0.15) is 16.3 Å². The fraction of sp³-hybridized carbons (Fsp3) is 0.150. The number of aryl methyl sites for hydroxylation is 1. The number of benzene rings is 2. The van der Waals surface area contributed by atoms with Crippen molar-refractivity contribution in [1.82, 2.24) is 9.97 Å². The van der Waals surface area contributed by atoms with Gasteiger partial charge in [0.1, 0.15) is 17.3 Å². The number of nitrogens with zero attached hydrogens (tertiary/aromatic N) is 3. The second-order valence-corrected chi connectivity index (χ2v) is 6.33. The van der Waals surface area contributed by atoms with E-state index in [-0.39, 0.29) is 11.4 Å². The van der Waals surface area contributed by atoms with Gasteiger partial charge < -0.3 is 15.5 Å². The number of anilines is 4. The molecule has 1 heterocycles. The van der Waals surface area contributed by atoms with E-state index in [4.69, 9.17) is 0 Å². The highest BCUT2D eigenvalue weighted by molar-refractivity contribution is 6.03. The van der Waals surface area contributed by atoms with Crippen molar-refractivity contribution in [2.45, 2.75) is 6.92 Å². The molecule has 3 rings (SSSR count). The van der Waals surface area contributed by atoms with E-state index in [1.54, 1.807) is 6.92 Å². The number of hydrogen-bond acceptors (Lipinski definition) is 5. The molecular formula is C20H19F2N5O. The van der Waals surface area contributed by atoms with Crippen LogP contribution in [0.2, 0.25) is 0 Å². The Labute approximate surface area is 161 Å². The molecule has 1 amide bonds. The number of carbonyl (C=O) groups excluding carboxylic acids is 1. The van der Waals surface area contributed by atoms with E-state index < -0.39 is 17.5 Å². The predicted octanol–water partition coefficient (Wildman–Crippen LogP) is 4.13. The molecule has 0 unspecified atom stereocenters. The van der Waals surface area contributed by atoms with E-state index in [9.17, 15) is 13.6 Å². The molecule has 144 valence electrons. The molecule has 0 radical (unpaired) electrons. The fourth-order valence-corrected chi connectivity index (χ4v) is 2.51. The molecule has 0 spiro atoms. The van der Waals surface area contributed by atoms with E-state index in [1.807, 2.05) is 43.3 Å². The topological polar surface area (TPSA) is 70.2 Å². The number of halogens is 2. The normalized spacial score (nSPS) is 10.5. The van der Waals surface area contributed by atoms with Gasteiger partial charge in [0.25, 0.3) is 5.91 Å². The predicted molar refractivity (Wildman–Crippen MR) is 105 cm³/mol. The van der Waals surface area contributed by atoms with Crippen molar-refractivity contribution in [3.63, 3.8) is 0 Å². The summed E-state index contributed by atoms with van der Waals surface area (Å²) in [5.41, 5.74) is 2.09. The lowest BCUT2D eigenvalue weighted by Gasteiger charge is -2.13. The van der Waals surface area contributed by atoms with Crippen molar-refractivity contribution >= 4 is 28.8 Å². The summed E-state index contributed by atoms with van der Waals surface area (Å²) < 4.78 is 26.3. The monoisotopic (exact) mass is 383 g/mol. The molecule has 2 N–H and O–H groups in total. The van der Waals surface area contributed by atoms with Crippen LogP contribution in [0, 0.1) is 18.6 Å². The van der Waals surface area contributed by atoms with E-state index in [0.29, 0.717) is 11.6 Å². The molecule has 1 aromatic heterocycles. The highest BCUT2D eigenvalue weighted by atomic mass is 19.2. The van der Waals surface area contributed by atoms with E-state index in [2.05, 4.69) is 20.6 Å². The summed E-state index contributed by atoms with van der Waals surface area (Å²) in [6.07, 6.45) is 0. The second-order valence-electron chi connectivity index (χ2n) is 6.33. The Morgan fingerprint density at radius 2 is 1.61 bits per heavy atom. The third-order valence-electron chi connectivity index (χ3n) is 3.90. The SMILES string of the molecule is Cc1nc(Nc2ccc(N(C)C)cc2)cc(C(=O)Nc2ccc(F)c(F)c2)n1. The van der Waals surface area contributed by atoms with Crippen LogP contribution in [-0.4, -0.2) is 30.0 Å². The molecule has 0 aliphatic carbocycles. The molecule has 0 aliphatic rings. The summed E-state index contributed by atoms with van der Waals surface area (Å²) >= 11 is 0. The third-order valence-corrected chi connectivity index (χ3v) is 3.90. The van der Waals surface area contributed by atoms with E-state index in [0.717, 1.165) is 23.5 Å². The zero-order valence-corrected chi connectivity index (χ0v) is 15.6. The number of carbonyl (C=O) groups is 1. The molecule has 0 fully saturated rings. The molecule has 8 heteroatoms. The first-order chi connectivity index (χ1) is 13.3. The molecule has 0 saturated heterocycles. The number of hydrogen-bond donors (Lipinski definition) is 2. The van der Waals surface area contributed by atoms with Crippen LogP contribution in [0.15, 0.2) is 48.5 Å². The van der Waals surface area contributed by atoms with Gasteiger partial charge in [0.15, 0.2) is 11.6 Å². The van der Waals surface area contributed by atoms with Gasteiger partial charge in [-0.3, -0.25) is 4.79 Å². The molecule has 0 aliphatic heterocycles. The van der Waals surface area contributed by atoms with Crippen LogP contribution in [0.3, 0.4) is 0 Å². The van der Waals surface area contributed by atoms with Gasteiger partial charge >= 0.3 is 0 Å². The summed E-state index contributed by atoms with van der Waals surface area (Å²) in [6, 6.07) is 12.3. The van der Waals surface area contributed by atoms with Gasteiger partial charge in [0, 0.05) is 43.3 Å². The summed E-state index contributed by atoms with van der Waals surface area (Å²) in [6.45, 7) is 1.66. The molecule has 6 nitrogen and oxygen atoms in total. The van der Waals surface area contributed by atoms with Gasteiger partial charge in [-0.1, -0.05) is 0 Å². The Morgan fingerprint density at radius 1 is 0.929 bits per heavy atom. The van der Waals surface area contributed by atoms with Crippen LogP contribution >= 0.6 is 0 Å². The maximum Gasteiger partial charge on any atom is 0.274 e. The molecule has 0 atom stereocenters. The van der Waals surface area contributed by atoms with Crippen molar-refractivity contribution in [3.8, 4) is 0 Å². The van der Waals surface area contributed by atoms with Gasteiger partial charge in [-0.05, 0) is 43.3 Å². The lowest BCUT2D eigenvalue weighted by molar-refractivity contribution is 0.102. The Bertz CT molecular complexity index is 1010. The Morgan fingerprint density at radius 3 is 2.25 bits per heavy atom. The smallest absolute Gasteiger partial charge is 0.274 e. The van der Waals surface area contributed by atoms with Gasteiger partial charge in [-0.15, -0.1) is 0 Å². The number of amides is 1. The third kappa shape index (κ3) is 4.59. The van der Waals surface area contributed by atoms with Crippen molar-refractivity contribution < 1.29 is 13.6 Å². The van der Waals surface area contributed by atoms with Crippen LogP contribution in [-0.2, 0) is 0 Å². The Kier molecular flexibility index (Phi) is 5.49. The first-order valence-corrected chi connectivity index (χ1v) is 8.48. The van der Waals surface area contributed by atoms with Gasteiger partial charge in [0.2, 0.25) is 0 Å². The summed E-state index contributed by atoms with van der Waals surface area (Å²) in [7, 11) is 3.90. The standard InChI is InChI=1S/C20H19F2N5O/c1-12-23-18(20(28)26-14-6-9-16(21)17(22)10-14)11-19(24-12)25-13-4-7-15(8-5-13)27(2)3/h4-11H,1-3H3,(H,26,28)(H,23,24,25). The first kappa shape index (κ1) is 19.2. The molecule has 3 aromatic rings. The second kappa shape index (κ2) is 7.99. The molecule has 2 aromatic carbocycles. The largest absolute Gasteiger partial charge is 0.378 e. The van der Waals surface area contributed by atoms with Crippen molar-refractivity contribution in [2.24, 2.45) is 0 Å². The Balaban J connectivity index is 1.78. The summed E-state index contributed by atoms with van der Waals surface area (Å²) in [5, 5.41) is 5.62. The van der Waals surface area contributed by atoms with Crippen LogP contribution in [0.25, 0.3) is 0 Å². The maximum atomic E-state index is 13.3. The minimum atomic E-state index is -1.04. The average molecular weight is 383 g/mol. The number of nitrogens with one attached hydrogen (secondary N) is 2. The van der Waals surface area contributed by atoms with Gasteiger partial charge in [-0.25, -0.2) is 18.7 Å². The molecule has 0 bridgehead atoms. The van der Waals surface area contributed by atoms with E-state index >= 15 is 0 Å². The highest BCUT2D eigenvalue weighted by Gasteiger charge is 2.12. The minimum absolute atomic E-state index is 0.102. The Hall–Kier alpha value is -3.55. The van der Waals surface area contributed by atoms with Gasteiger partial charge in [-0.2, -0.15) is 0 Å². The molecular weight excluding hydrogens is 364 g/mol. The summed E-state index contributed by atoms with van der Waals surface area (Å²) in [5.74, 6) is -1.74. The van der Waals surface area contributed by atoms with Crippen molar-refractivity contribution in [3.05, 3.63) is 71.7 Å². The lowest BCUT2D eigenvalue weighted by atomic mass is 10.2. The highest BCUT2D eigenvalue weighted by Crippen LogP contribution is 2.20. The molecule has 0 saturated carbocycles. The van der Waals surface area contributed by atoms with Crippen molar-refractivity contribution in [1.29, 1.82) is 0 Å². The quantitative estimate of drug-likeness (QED) is 0.693. The van der Waals surface area contributed by atoms with E-state index in [1.165, 1.54) is 12.1 Å². The van der Waals surface area contributed by atoms with Crippen LogP contribution in [0.5, 0.6) is 0 Å². The van der Waals surface area contributed by atoms with Crippen molar-refractivity contribution in [2.75, 3.05) is 29.6 Å². The van der Waals surface area contributed by atoms with Crippen LogP contribution < -0.4 is 15.5 Å². The number of rotatable bonds is 5. The molecule has 28 heavy (non-hydrogen) atoms.